The molecule has 0 atom stereocenters. The fourth-order valence-electron chi connectivity index (χ4n) is 3.34. The zero-order valence-electron chi connectivity index (χ0n) is 14.2. The molecule has 0 aliphatic carbocycles. The quantitative estimate of drug-likeness (QED) is 0.798. The Bertz CT molecular complexity index is 895. The van der Waals surface area contributed by atoms with Crippen LogP contribution < -0.4 is 10.2 Å². The van der Waals surface area contributed by atoms with Crippen molar-refractivity contribution in [1.29, 1.82) is 0 Å². The molecule has 1 N–H and O–H groups in total. The van der Waals surface area contributed by atoms with Gasteiger partial charge < -0.3 is 10.2 Å². The first-order valence-corrected chi connectivity index (χ1v) is 8.60. The average molecular weight is 335 g/mol. The molecule has 0 spiro atoms. The summed E-state index contributed by atoms with van der Waals surface area (Å²) < 4.78 is 1.60. The van der Waals surface area contributed by atoms with Crippen LogP contribution in [0, 0.1) is 0 Å². The Balaban J connectivity index is 1.39. The van der Waals surface area contributed by atoms with Crippen molar-refractivity contribution in [2.24, 2.45) is 7.05 Å². The number of aryl methyl sites for hydroxylation is 1. The van der Waals surface area contributed by atoms with Crippen LogP contribution in [0.15, 0.2) is 48.7 Å². The number of pyridine rings is 1. The lowest BCUT2D eigenvalue weighted by atomic mass is 10.0. The van der Waals surface area contributed by atoms with Crippen LogP contribution in [0.25, 0.3) is 10.9 Å². The van der Waals surface area contributed by atoms with Crippen LogP contribution in [0.2, 0.25) is 0 Å². The molecule has 0 radical (unpaired) electrons. The van der Waals surface area contributed by atoms with Gasteiger partial charge in [-0.15, -0.1) is 0 Å². The molecule has 6 heteroatoms. The van der Waals surface area contributed by atoms with Crippen molar-refractivity contribution in [3.05, 3.63) is 54.4 Å². The molecule has 3 heterocycles. The predicted molar refractivity (Wildman–Crippen MR) is 97.7 cm³/mol. The minimum absolute atomic E-state index is 0.0534. The minimum Gasteiger partial charge on any atom is -0.356 e. The summed E-state index contributed by atoms with van der Waals surface area (Å²) in [5.74, 6) is 0.956. The minimum atomic E-state index is -0.0534. The lowest BCUT2D eigenvalue weighted by Gasteiger charge is -2.33. The summed E-state index contributed by atoms with van der Waals surface area (Å²) >= 11 is 0. The van der Waals surface area contributed by atoms with Crippen LogP contribution in [-0.4, -0.2) is 39.8 Å². The maximum atomic E-state index is 12.3. The summed E-state index contributed by atoms with van der Waals surface area (Å²) in [5, 5.41) is 8.32. The summed E-state index contributed by atoms with van der Waals surface area (Å²) in [5.41, 5.74) is 1.62. The SMILES string of the molecule is Cn1nccc1C(=O)NC1CCN(c2ccc3ccccc3n2)CC1. The number of amides is 1. The maximum Gasteiger partial charge on any atom is 0.269 e. The fraction of sp³-hybridized carbons (Fsp3) is 0.316. The highest BCUT2D eigenvalue weighted by Gasteiger charge is 2.22. The molecule has 1 fully saturated rings. The zero-order chi connectivity index (χ0) is 17.2. The van der Waals surface area contributed by atoms with E-state index in [2.05, 4.69) is 33.5 Å². The summed E-state index contributed by atoms with van der Waals surface area (Å²) in [6, 6.07) is 14.3. The number of benzene rings is 1. The van der Waals surface area contributed by atoms with Gasteiger partial charge in [-0.05, 0) is 37.1 Å². The second-order valence-electron chi connectivity index (χ2n) is 6.44. The number of anilines is 1. The number of nitrogens with zero attached hydrogens (tertiary/aromatic N) is 4. The second kappa shape index (κ2) is 6.55. The van der Waals surface area contributed by atoms with E-state index < -0.39 is 0 Å². The summed E-state index contributed by atoms with van der Waals surface area (Å²) in [7, 11) is 1.78. The topological polar surface area (TPSA) is 63.1 Å². The number of carbonyl (C=O) groups excluding carboxylic acids is 1. The molecule has 0 bridgehead atoms. The van der Waals surface area contributed by atoms with Crippen LogP contribution in [0.5, 0.6) is 0 Å². The Hall–Kier alpha value is -2.89. The van der Waals surface area contributed by atoms with Crippen molar-refractivity contribution < 1.29 is 4.79 Å². The predicted octanol–water partition coefficient (Wildman–Crippen LogP) is 2.37. The Morgan fingerprint density at radius 1 is 1.12 bits per heavy atom. The summed E-state index contributed by atoms with van der Waals surface area (Å²) in [4.78, 5) is 19.3. The lowest BCUT2D eigenvalue weighted by molar-refractivity contribution is 0.0921. The molecule has 1 saturated heterocycles. The van der Waals surface area contributed by atoms with Gasteiger partial charge in [0.25, 0.3) is 5.91 Å². The molecule has 1 aliphatic heterocycles. The van der Waals surface area contributed by atoms with E-state index in [-0.39, 0.29) is 11.9 Å². The van der Waals surface area contributed by atoms with Gasteiger partial charge in [-0.3, -0.25) is 9.48 Å². The number of carbonyl (C=O) groups is 1. The van der Waals surface area contributed by atoms with E-state index in [4.69, 9.17) is 4.98 Å². The first-order valence-electron chi connectivity index (χ1n) is 8.60. The molecule has 0 unspecified atom stereocenters. The van der Waals surface area contributed by atoms with E-state index in [1.807, 2.05) is 18.2 Å². The first-order chi connectivity index (χ1) is 12.2. The van der Waals surface area contributed by atoms with Crippen LogP contribution >= 0.6 is 0 Å². The van der Waals surface area contributed by atoms with E-state index in [1.54, 1.807) is 24.0 Å². The third-order valence-corrected chi connectivity index (χ3v) is 4.79. The molecule has 6 nitrogen and oxygen atoms in total. The first kappa shape index (κ1) is 15.6. The van der Waals surface area contributed by atoms with Crippen LogP contribution in [0.1, 0.15) is 23.3 Å². The van der Waals surface area contributed by atoms with E-state index >= 15 is 0 Å². The van der Waals surface area contributed by atoms with Gasteiger partial charge in [0.1, 0.15) is 11.5 Å². The Kier molecular flexibility index (Phi) is 4.09. The number of para-hydroxylation sites is 1. The number of aromatic nitrogens is 3. The van der Waals surface area contributed by atoms with Gasteiger partial charge in [-0.25, -0.2) is 4.98 Å². The zero-order valence-corrected chi connectivity index (χ0v) is 14.2. The third kappa shape index (κ3) is 3.20. The summed E-state index contributed by atoms with van der Waals surface area (Å²) in [6.07, 6.45) is 3.47. The van der Waals surface area contributed by atoms with E-state index in [9.17, 15) is 4.79 Å². The third-order valence-electron chi connectivity index (χ3n) is 4.79. The number of hydrogen-bond acceptors (Lipinski definition) is 4. The van der Waals surface area contributed by atoms with E-state index in [1.165, 1.54) is 0 Å². The molecule has 2 aromatic heterocycles. The van der Waals surface area contributed by atoms with Gasteiger partial charge in [0, 0.05) is 37.8 Å². The molecule has 1 amide bonds. The van der Waals surface area contributed by atoms with Gasteiger partial charge in [0.15, 0.2) is 0 Å². The number of hydrogen-bond donors (Lipinski definition) is 1. The van der Waals surface area contributed by atoms with Crippen molar-refractivity contribution in [2.45, 2.75) is 18.9 Å². The molecule has 1 aromatic carbocycles. The molecule has 128 valence electrons. The highest BCUT2D eigenvalue weighted by atomic mass is 16.2. The van der Waals surface area contributed by atoms with Gasteiger partial charge in [0.2, 0.25) is 0 Å². The number of rotatable bonds is 3. The number of nitrogens with one attached hydrogen (secondary N) is 1. The highest BCUT2D eigenvalue weighted by Crippen LogP contribution is 2.21. The Labute approximate surface area is 146 Å². The highest BCUT2D eigenvalue weighted by molar-refractivity contribution is 5.92. The fourth-order valence-corrected chi connectivity index (χ4v) is 3.34. The maximum absolute atomic E-state index is 12.3. The number of fused-ring (bicyclic) bond motifs is 1. The molecular formula is C19H21N5O. The lowest BCUT2D eigenvalue weighted by Crippen LogP contribution is -2.45. The summed E-state index contributed by atoms with van der Waals surface area (Å²) in [6.45, 7) is 1.78. The van der Waals surface area contributed by atoms with Gasteiger partial charge in [-0.1, -0.05) is 18.2 Å². The van der Waals surface area contributed by atoms with Crippen molar-refractivity contribution >= 4 is 22.6 Å². The van der Waals surface area contributed by atoms with E-state index in [0.717, 1.165) is 42.7 Å². The molecular weight excluding hydrogens is 314 g/mol. The Morgan fingerprint density at radius 3 is 2.68 bits per heavy atom. The molecule has 1 aliphatic rings. The number of piperidine rings is 1. The molecule has 25 heavy (non-hydrogen) atoms. The van der Waals surface area contributed by atoms with Crippen molar-refractivity contribution in [3.63, 3.8) is 0 Å². The van der Waals surface area contributed by atoms with Gasteiger partial charge in [-0.2, -0.15) is 5.10 Å². The van der Waals surface area contributed by atoms with Gasteiger partial charge >= 0.3 is 0 Å². The Morgan fingerprint density at radius 2 is 1.92 bits per heavy atom. The van der Waals surface area contributed by atoms with E-state index in [0.29, 0.717) is 5.69 Å². The van der Waals surface area contributed by atoms with Gasteiger partial charge in [0.05, 0.1) is 5.52 Å². The van der Waals surface area contributed by atoms with Crippen LogP contribution in [0.4, 0.5) is 5.82 Å². The average Bonchev–Trinajstić information content (AvgIpc) is 3.08. The molecule has 4 rings (SSSR count). The normalized spacial score (nSPS) is 15.5. The second-order valence-corrected chi connectivity index (χ2v) is 6.44. The monoisotopic (exact) mass is 335 g/mol. The smallest absolute Gasteiger partial charge is 0.269 e. The largest absolute Gasteiger partial charge is 0.356 e. The molecule has 3 aromatic rings. The van der Waals surface area contributed by atoms with Crippen molar-refractivity contribution in [1.82, 2.24) is 20.1 Å². The van der Waals surface area contributed by atoms with Crippen molar-refractivity contribution in [2.75, 3.05) is 18.0 Å². The molecule has 0 saturated carbocycles. The van der Waals surface area contributed by atoms with Crippen molar-refractivity contribution in [3.8, 4) is 0 Å². The van der Waals surface area contributed by atoms with Crippen LogP contribution in [-0.2, 0) is 7.05 Å². The van der Waals surface area contributed by atoms with Crippen LogP contribution in [0.3, 0.4) is 0 Å². The standard InChI is InChI=1S/C19H21N5O/c1-23-17(8-11-20-23)19(25)21-15-9-12-24(13-10-15)18-7-6-14-4-2-3-5-16(14)22-18/h2-8,11,15H,9-10,12-13H2,1H3,(H,21,25).